The molecule has 5 rings (SSSR count). The molecule has 4 aromatic rings. The molecule has 32 heavy (non-hydrogen) atoms. The molecule has 0 bridgehead atoms. The van der Waals surface area contributed by atoms with Gasteiger partial charge in [0.1, 0.15) is 22.3 Å². The highest BCUT2D eigenvalue weighted by atomic mass is 32.1. The smallest absolute Gasteiger partial charge is 0.226 e. The zero-order valence-corrected chi connectivity index (χ0v) is 17.9. The molecule has 0 aliphatic carbocycles. The van der Waals surface area contributed by atoms with Gasteiger partial charge in [0.05, 0.1) is 29.9 Å². The number of H-pyrrole nitrogens is 1. The monoisotopic (exact) mass is 444 g/mol. The molecule has 4 aromatic heterocycles. The van der Waals surface area contributed by atoms with Gasteiger partial charge in [0.15, 0.2) is 0 Å². The molecule has 0 unspecified atom stereocenters. The summed E-state index contributed by atoms with van der Waals surface area (Å²) in [7, 11) is 0. The summed E-state index contributed by atoms with van der Waals surface area (Å²) in [6.07, 6.45) is 9.37. The minimum atomic E-state index is -0.0596. The van der Waals surface area contributed by atoms with Crippen molar-refractivity contribution in [1.29, 1.82) is 10.7 Å². The number of hydrogen-bond acceptors (Lipinski definition) is 10. The number of rotatable bonds is 7. The Morgan fingerprint density at radius 2 is 2.34 bits per heavy atom. The lowest BCUT2D eigenvalue weighted by Crippen LogP contribution is -2.35. The summed E-state index contributed by atoms with van der Waals surface area (Å²) in [6, 6.07) is 4.12. The van der Waals surface area contributed by atoms with Crippen LogP contribution in [0, 0.1) is 22.7 Å². The van der Waals surface area contributed by atoms with Gasteiger partial charge in [0.25, 0.3) is 0 Å². The van der Waals surface area contributed by atoms with Crippen LogP contribution in [0.4, 0.5) is 5.95 Å². The first kappa shape index (κ1) is 20.0. The highest BCUT2D eigenvalue weighted by Crippen LogP contribution is 2.27. The van der Waals surface area contributed by atoms with Gasteiger partial charge in [0, 0.05) is 48.7 Å². The standard InChI is InChI=1S/C21H20N10S/c22-4-1-16(25-8-14(7-23)18-15-2-5-24-19(15)28-11-27-18)13-3-6-31(10-13)21-26-9-17-20(30-21)32-12-29-17/h2,5,7-9,11-13,16,23,25H,1,3,6,10H2,(H,24,27,28)/b14-8+,23-7?/t13-,16-/m0/s1. The second-order valence-corrected chi connectivity index (χ2v) is 8.38. The number of allylic oxidation sites excluding steroid dienone is 1. The molecule has 0 amide bonds. The number of aromatic amines is 1. The molecule has 11 heteroatoms. The minimum Gasteiger partial charge on any atom is -0.386 e. The van der Waals surface area contributed by atoms with E-state index in [1.807, 2.05) is 6.07 Å². The number of nitrogens with one attached hydrogen (secondary N) is 3. The summed E-state index contributed by atoms with van der Waals surface area (Å²) >= 11 is 1.50. The van der Waals surface area contributed by atoms with Crippen molar-refractivity contribution in [2.24, 2.45) is 5.92 Å². The van der Waals surface area contributed by atoms with Gasteiger partial charge in [0.2, 0.25) is 5.95 Å². The van der Waals surface area contributed by atoms with Gasteiger partial charge < -0.3 is 20.6 Å². The lowest BCUT2D eigenvalue weighted by Gasteiger charge is -2.23. The average molecular weight is 445 g/mol. The SMILES string of the molecule is N#CC[C@H](N/C=C(\C=N)c1ncnc2[nH]ccc12)[C@H]1CCN(c2ncc3ncsc3n2)C1. The van der Waals surface area contributed by atoms with E-state index >= 15 is 0 Å². The Kier molecular flexibility index (Phi) is 5.43. The molecule has 0 aromatic carbocycles. The molecule has 3 N–H and O–H groups in total. The fraction of sp³-hybridized carbons (Fsp3) is 0.286. The van der Waals surface area contributed by atoms with Crippen LogP contribution in [0.2, 0.25) is 0 Å². The van der Waals surface area contributed by atoms with Crippen LogP contribution in [0.3, 0.4) is 0 Å². The van der Waals surface area contributed by atoms with Crippen molar-refractivity contribution in [2.45, 2.75) is 18.9 Å². The molecule has 1 saturated heterocycles. The summed E-state index contributed by atoms with van der Waals surface area (Å²) in [5, 5.41) is 21.5. The van der Waals surface area contributed by atoms with Gasteiger partial charge in [-0.15, -0.1) is 11.3 Å². The third kappa shape index (κ3) is 3.76. The van der Waals surface area contributed by atoms with Gasteiger partial charge >= 0.3 is 0 Å². The number of nitrogens with zero attached hydrogens (tertiary/aromatic N) is 7. The van der Waals surface area contributed by atoms with Crippen LogP contribution in [0.15, 0.2) is 36.5 Å². The van der Waals surface area contributed by atoms with Crippen LogP contribution in [0.25, 0.3) is 27.0 Å². The molecule has 0 radical (unpaired) electrons. The first-order chi connectivity index (χ1) is 15.8. The first-order valence-electron chi connectivity index (χ1n) is 10.2. The Labute approximate surface area is 187 Å². The van der Waals surface area contributed by atoms with Gasteiger partial charge in [-0.3, -0.25) is 0 Å². The van der Waals surface area contributed by atoms with E-state index in [0.717, 1.165) is 40.9 Å². The Morgan fingerprint density at radius 3 is 3.22 bits per heavy atom. The van der Waals surface area contributed by atoms with Crippen LogP contribution in [-0.2, 0) is 0 Å². The summed E-state index contributed by atoms with van der Waals surface area (Å²) < 4.78 is 0. The summed E-state index contributed by atoms with van der Waals surface area (Å²) in [5.41, 5.74) is 4.61. The number of nitriles is 1. The van der Waals surface area contributed by atoms with Crippen LogP contribution in [0.5, 0.6) is 0 Å². The van der Waals surface area contributed by atoms with E-state index in [4.69, 9.17) is 5.41 Å². The topological polar surface area (TPSA) is 143 Å². The maximum Gasteiger partial charge on any atom is 0.226 e. The van der Waals surface area contributed by atoms with Crippen molar-refractivity contribution in [3.8, 4) is 6.07 Å². The van der Waals surface area contributed by atoms with Gasteiger partial charge in [-0.05, 0) is 18.4 Å². The van der Waals surface area contributed by atoms with E-state index < -0.39 is 0 Å². The van der Waals surface area contributed by atoms with Crippen molar-refractivity contribution in [3.05, 3.63) is 42.2 Å². The number of anilines is 1. The molecule has 0 spiro atoms. The van der Waals surface area contributed by atoms with Crippen molar-refractivity contribution < 1.29 is 0 Å². The second kappa shape index (κ2) is 8.68. The fourth-order valence-corrected chi connectivity index (χ4v) is 4.67. The summed E-state index contributed by atoms with van der Waals surface area (Å²) in [4.78, 5) is 28.0. The third-order valence-electron chi connectivity index (χ3n) is 5.70. The maximum atomic E-state index is 9.40. The predicted octanol–water partition coefficient (Wildman–Crippen LogP) is 2.75. The molecule has 5 heterocycles. The molecule has 2 atom stereocenters. The number of fused-ring (bicyclic) bond motifs is 2. The quantitative estimate of drug-likeness (QED) is 0.369. The van der Waals surface area contributed by atoms with E-state index in [-0.39, 0.29) is 12.0 Å². The van der Waals surface area contributed by atoms with Crippen molar-refractivity contribution in [3.63, 3.8) is 0 Å². The van der Waals surface area contributed by atoms with E-state index in [9.17, 15) is 5.26 Å². The maximum absolute atomic E-state index is 9.40. The lowest BCUT2D eigenvalue weighted by atomic mass is 9.96. The molecular weight excluding hydrogens is 424 g/mol. The van der Waals surface area contributed by atoms with Crippen LogP contribution in [0.1, 0.15) is 18.5 Å². The average Bonchev–Trinajstić information content (AvgIpc) is 3.58. The van der Waals surface area contributed by atoms with E-state index in [2.05, 4.69) is 46.2 Å². The predicted molar refractivity (Wildman–Crippen MR) is 123 cm³/mol. The van der Waals surface area contributed by atoms with Crippen molar-refractivity contribution >= 4 is 50.5 Å². The molecular formula is C21H20N10S. The number of thiazole rings is 1. The lowest BCUT2D eigenvalue weighted by molar-refractivity contribution is 0.418. The highest BCUT2D eigenvalue weighted by Gasteiger charge is 2.30. The molecule has 160 valence electrons. The van der Waals surface area contributed by atoms with Crippen LogP contribution >= 0.6 is 11.3 Å². The normalized spacial score (nSPS) is 17.5. The van der Waals surface area contributed by atoms with E-state index in [1.165, 1.54) is 23.9 Å². The largest absolute Gasteiger partial charge is 0.386 e. The van der Waals surface area contributed by atoms with Crippen molar-refractivity contribution in [1.82, 2.24) is 35.2 Å². The molecule has 1 fully saturated rings. The highest BCUT2D eigenvalue weighted by molar-refractivity contribution is 7.16. The number of hydrogen-bond donors (Lipinski definition) is 3. The van der Waals surface area contributed by atoms with Gasteiger partial charge in [-0.2, -0.15) is 5.26 Å². The van der Waals surface area contributed by atoms with E-state index in [1.54, 1.807) is 24.1 Å². The van der Waals surface area contributed by atoms with Gasteiger partial charge in [-0.25, -0.2) is 24.9 Å². The Morgan fingerprint density at radius 1 is 1.41 bits per heavy atom. The first-order valence-corrected chi connectivity index (χ1v) is 11.1. The fourth-order valence-electron chi connectivity index (χ4n) is 4.05. The van der Waals surface area contributed by atoms with Crippen molar-refractivity contribution in [2.75, 3.05) is 18.0 Å². The van der Waals surface area contributed by atoms with Crippen LogP contribution in [-0.4, -0.2) is 55.2 Å². The zero-order chi connectivity index (χ0) is 21.9. The third-order valence-corrected chi connectivity index (χ3v) is 6.44. The minimum absolute atomic E-state index is 0.0596. The second-order valence-electron chi connectivity index (χ2n) is 7.55. The Balaban J connectivity index is 1.33. The summed E-state index contributed by atoms with van der Waals surface area (Å²) in [6.45, 7) is 1.59. The molecule has 1 aliphatic heterocycles. The Bertz CT molecular complexity index is 1330. The van der Waals surface area contributed by atoms with Crippen LogP contribution < -0.4 is 10.2 Å². The molecule has 1 aliphatic rings. The summed E-state index contributed by atoms with van der Waals surface area (Å²) in [5.74, 6) is 0.947. The van der Waals surface area contributed by atoms with Gasteiger partial charge in [-0.1, -0.05) is 0 Å². The molecule has 10 nitrogen and oxygen atoms in total. The number of aromatic nitrogens is 6. The van der Waals surface area contributed by atoms with E-state index in [0.29, 0.717) is 23.6 Å². The zero-order valence-electron chi connectivity index (χ0n) is 17.1. The molecule has 0 saturated carbocycles. The Hall–Kier alpha value is -3.91.